The van der Waals surface area contributed by atoms with E-state index < -0.39 is 0 Å². The van der Waals surface area contributed by atoms with Crippen molar-refractivity contribution < 1.29 is 9.53 Å². The topological polar surface area (TPSA) is 41.6 Å². The number of para-hydroxylation sites is 3. The Balaban J connectivity index is 1.63. The molecule has 1 aliphatic heterocycles. The first-order chi connectivity index (χ1) is 12.1. The minimum absolute atomic E-state index is 0.00501. The molecule has 1 fully saturated rings. The van der Waals surface area contributed by atoms with E-state index in [0.29, 0.717) is 29.8 Å². The molecule has 3 rings (SSSR count). The lowest BCUT2D eigenvalue weighted by Crippen LogP contribution is -2.42. The number of benzene rings is 2. The van der Waals surface area contributed by atoms with Gasteiger partial charge in [-0.05, 0) is 42.5 Å². The fourth-order valence-corrected chi connectivity index (χ4v) is 3.59. The number of hydrogen-bond acceptors (Lipinski definition) is 3. The van der Waals surface area contributed by atoms with Crippen LogP contribution < -0.4 is 10.1 Å². The molecule has 0 aromatic heterocycles. The molecule has 0 aliphatic carbocycles. The van der Waals surface area contributed by atoms with Gasteiger partial charge >= 0.3 is 0 Å². The molecule has 0 bridgehead atoms. The Morgan fingerprint density at radius 2 is 1.68 bits per heavy atom. The van der Waals surface area contributed by atoms with Gasteiger partial charge in [0.05, 0.1) is 12.2 Å². The molecule has 1 amide bonds. The largest absolute Gasteiger partial charge is 0.455 e. The fraction of sp³-hybridized carbons (Fsp3) is 0.381. The molecular formula is C21H26N2O2. The highest BCUT2D eigenvalue weighted by atomic mass is 16.5. The zero-order valence-corrected chi connectivity index (χ0v) is 14.9. The van der Waals surface area contributed by atoms with Crippen molar-refractivity contribution in [3.05, 3.63) is 54.6 Å². The van der Waals surface area contributed by atoms with Gasteiger partial charge in [0, 0.05) is 13.1 Å². The number of likely N-dealkylation sites (tertiary alicyclic amines) is 1. The van der Waals surface area contributed by atoms with Crippen LogP contribution in [0.15, 0.2) is 54.6 Å². The van der Waals surface area contributed by atoms with E-state index in [9.17, 15) is 4.79 Å². The summed E-state index contributed by atoms with van der Waals surface area (Å²) in [4.78, 5) is 14.7. The Bertz CT molecular complexity index is 692. The van der Waals surface area contributed by atoms with Crippen molar-refractivity contribution in [3.63, 3.8) is 0 Å². The molecule has 0 unspecified atom stereocenters. The molecule has 0 saturated carbocycles. The van der Waals surface area contributed by atoms with Gasteiger partial charge in [-0.1, -0.05) is 44.2 Å². The first-order valence-corrected chi connectivity index (χ1v) is 8.94. The SMILES string of the molecule is C[C@@H]1C[C@H](C)CN(CC(=O)Nc2ccccc2Oc2ccccc2)C1. The maximum Gasteiger partial charge on any atom is 0.238 e. The molecule has 1 aliphatic rings. The van der Waals surface area contributed by atoms with Crippen molar-refractivity contribution in [2.24, 2.45) is 11.8 Å². The number of nitrogens with one attached hydrogen (secondary N) is 1. The normalized spacial score (nSPS) is 20.9. The molecule has 2 atom stereocenters. The van der Waals surface area contributed by atoms with E-state index in [1.165, 1.54) is 6.42 Å². The van der Waals surface area contributed by atoms with E-state index in [1.54, 1.807) is 0 Å². The predicted octanol–water partition coefficient (Wildman–Crippen LogP) is 4.40. The van der Waals surface area contributed by atoms with Gasteiger partial charge in [-0.3, -0.25) is 9.69 Å². The molecule has 1 saturated heterocycles. The van der Waals surface area contributed by atoms with Gasteiger partial charge in [0.25, 0.3) is 0 Å². The Morgan fingerprint density at radius 1 is 1.04 bits per heavy atom. The summed E-state index contributed by atoms with van der Waals surface area (Å²) in [5, 5.41) is 3.00. The molecule has 2 aromatic carbocycles. The van der Waals surface area contributed by atoms with Gasteiger partial charge in [0.2, 0.25) is 5.91 Å². The second kappa shape index (κ2) is 8.17. The number of carbonyl (C=O) groups is 1. The minimum atomic E-state index is 0.00501. The average Bonchev–Trinajstić information content (AvgIpc) is 2.56. The van der Waals surface area contributed by atoms with E-state index in [0.717, 1.165) is 18.8 Å². The maximum atomic E-state index is 12.5. The van der Waals surface area contributed by atoms with Crippen LogP contribution in [0.4, 0.5) is 5.69 Å². The highest BCUT2D eigenvalue weighted by Crippen LogP contribution is 2.29. The third-order valence-electron chi connectivity index (χ3n) is 4.44. The molecule has 132 valence electrons. The number of piperidine rings is 1. The lowest BCUT2D eigenvalue weighted by Gasteiger charge is -2.34. The van der Waals surface area contributed by atoms with Crippen LogP contribution in [0, 0.1) is 11.8 Å². The van der Waals surface area contributed by atoms with Gasteiger partial charge in [-0.2, -0.15) is 0 Å². The molecule has 0 radical (unpaired) electrons. The number of carbonyl (C=O) groups excluding carboxylic acids is 1. The summed E-state index contributed by atoms with van der Waals surface area (Å²) in [6.07, 6.45) is 1.24. The number of nitrogens with zero attached hydrogens (tertiary/aromatic N) is 1. The smallest absolute Gasteiger partial charge is 0.238 e. The van der Waals surface area contributed by atoms with Crippen molar-refractivity contribution in [2.75, 3.05) is 25.0 Å². The van der Waals surface area contributed by atoms with Crippen LogP contribution in [0.5, 0.6) is 11.5 Å². The molecule has 25 heavy (non-hydrogen) atoms. The highest BCUT2D eigenvalue weighted by molar-refractivity contribution is 5.93. The summed E-state index contributed by atoms with van der Waals surface area (Å²) in [6, 6.07) is 17.1. The van der Waals surface area contributed by atoms with E-state index in [4.69, 9.17) is 4.74 Å². The second-order valence-corrected chi connectivity index (χ2v) is 7.10. The van der Waals surface area contributed by atoms with Crippen LogP contribution in [0.3, 0.4) is 0 Å². The van der Waals surface area contributed by atoms with E-state index in [1.807, 2.05) is 54.6 Å². The van der Waals surface area contributed by atoms with Crippen LogP contribution in [0.25, 0.3) is 0 Å². The van der Waals surface area contributed by atoms with Crippen LogP contribution in [0.1, 0.15) is 20.3 Å². The van der Waals surface area contributed by atoms with Crippen molar-refractivity contribution in [1.82, 2.24) is 4.90 Å². The van der Waals surface area contributed by atoms with Crippen molar-refractivity contribution in [3.8, 4) is 11.5 Å². The standard InChI is InChI=1S/C21H26N2O2/c1-16-12-17(2)14-23(13-16)15-21(24)22-19-10-6-7-11-20(19)25-18-8-4-3-5-9-18/h3-11,16-17H,12-15H2,1-2H3,(H,22,24)/t16-,17+. The summed E-state index contributed by atoms with van der Waals surface area (Å²) < 4.78 is 5.91. The van der Waals surface area contributed by atoms with E-state index in [-0.39, 0.29) is 5.91 Å². The highest BCUT2D eigenvalue weighted by Gasteiger charge is 2.23. The Hall–Kier alpha value is -2.33. The monoisotopic (exact) mass is 338 g/mol. The summed E-state index contributed by atoms with van der Waals surface area (Å²) in [7, 11) is 0. The van der Waals surface area contributed by atoms with Crippen molar-refractivity contribution in [2.45, 2.75) is 20.3 Å². The van der Waals surface area contributed by atoms with Crippen LogP contribution >= 0.6 is 0 Å². The summed E-state index contributed by atoms with van der Waals surface area (Å²) in [5.41, 5.74) is 0.703. The third-order valence-corrected chi connectivity index (χ3v) is 4.44. The van der Waals surface area contributed by atoms with Gasteiger partial charge in [0.1, 0.15) is 5.75 Å². The lowest BCUT2D eigenvalue weighted by molar-refractivity contribution is -0.117. The molecule has 0 spiro atoms. The quantitative estimate of drug-likeness (QED) is 0.879. The first kappa shape index (κ1) is 17.5. The minimum Gasteiger partial charge on any atom is -0.455 e. The molecular weight excluding hydrogens is 312 g/mol. The van der Waals surface area contributed by atoms with Crippen molar-refractivity contribution in [1.29, 1.82) is 0 Å². The Kier molecular flexibility index (Phi) is 5.71. The molecule has 1 N–H and O–H groups in total. The fourth-order valence-electron chi connectivity index (χ4n) is 3.59. The molecule has 1 heterocycles. The second-order valence-electron chi connectivity index (χ2n) is 7.10. The van der Waals surface area contributed by atoms with Crippen LogP contribution in [0.2, 0.25) is 0 Å². The van der Waals surface area contributed by atoms with Gasteiger partial charge in [-0.15, -0.1) is 0 Å². The Morgan fingerprint density at radius 3 is 2.40 bits per heavy atom. The summed E-state index contributed by atoms with van der Waals surface area (Å²) >= 11 is 0. The third kappa shape index (κ3) is 5.07. The Labute approximate surface area is 149 Å². The summed E-state index contributed by atoms with van der Waals surface area (Å²) in [6.45, 7) is 6.90. The molecule has 4 heteroatoms. The van der Waals surface area contributed by atoms with Crippen LogP contribution in [-0.2, 0) is 4.79 Å². The number of amides is 1. The average molecular weight is 338 g/mol. The molecule has 4 nitrogen and oxygen atoms in total. The van der Waals surface area contributed by atoms with E-state index in [2.05, 4.69) is 24.1 Å². The van der Waals surface area contributed by atoms with Crippen LogP contribution in [-0.4, -0.2) is 30.4 Å². The van der Waals surface area contributed by atoms with Gasteiger partial charge in [0.15, 0.2) is 5.75 Å². The zero-order chi connectivity index (χ0) is 17.6. The lowest BCUT2D eigenvalue weighted by atomic mass is 9.92. The summed E-state index contributed by atoms with van der Waals surface area (Å²) in [5.74, 6) is 2.70. The number of ether oxygens (including phenoxy) is 1. The maximum absolute atomic E-state index is 12.5. The first-order valence-electron chi connectivity index (χ1n) is 8.94. The molecule has 2 aromatic rings. The number of anilines is 1. The van der Waals surface area contributed by atoms with Crippen molar-refractivity contribution >= 4 is 11.6 Å². The number of hydrogen-bond donors (Lipinski definition) is 1. The predicted molar refractivity (Wildman–Crippen MR) is 101 cm³/mol. The number of rotatable bonds is 5. The van der Waals surface area contributed by atoms with Gasteiger partial charge < -0.3 is 10.1 Å². The van der Waals surface area contributed by atoms with Gasteiger partial charge in [-0.25, -0.2) is 0 Å². The van der Waals surface area contributed by atoms with E-state index >= 15 is 0 Å². The zero-order valence-electron chi connectivity index (χ0n) is 14.9.